The largest absolute Gasteiger partial charge is 0.281 e. The van der Waals surface area contributed by atoms with Gasteiger partial charge in [0.25, 0.3) is 5.91 Å². The Hall–Kier alpha value is -3.06. The number of fused-ring (bicyclic) bond motifs is 1. The van der Waals surface area contributed by atoms with Gasteiger partial charge in [0.2, 0.25) is 0 Å². The van der Waals surface area contributed by atoms with Crippen LogP contribution in [-0.4, -0.2) is 25.7 Å². The first kappa shape index (κ1) is 18.3. The summed E-state index contributed by atoms with van der Waals surface area (Å²) < 4.78 is 2.76. The van der Waals surface area contributed by atoms with E-state index in [-0.39, 0.29) is 5.91 Å². The summed E-state index contributed by atoms with van der Waals surface area (Å²) >= 11 is 1.53. The first-order chi connectivity index (χ1) is 13.4. The van der Waals surface area contributed by atoms with Crippen LogP contribution < -0.4 is 4.90 Å². The Morgan fingerprint density at radius 3 is 2.71 bits per heavy atom. The predicted octanol–water partition coefficient (Wildman–Crippen LogP) is 4.20. The van der Waals surface area contributed by atoms with E-state index < -0.39 is 0 Å². The van der Waals surface area contributed by atoms with Gasteiger partial charge in [-0.15, -0.1) is 0 Å². The summed E-state index contributed by atoms with van der Waals surface area (Å²) in [6.07, 6.45) is 5.35. The van der Waals surface area contributed by atoms with Gasteiger partial charge in [-0.3, -0.25) is 19.4 Å². The van der Waals surface area contributed by atoms with E-state index in [0.29, 0.717) is 17.4 Å². The lowest BCUT2D eigenvalue weighted by Crippen LogP contribution is -2.31. The standard InChI is InChI=1S/C21H21N5OS/c1-13-8-14(2)19-17(9-13)23-21(28-19)26(12-16-6-5-7-22-10-16)20(27)18-15(3)11-25(4)24-18/h5-11H,12H2,1-4H3. The average molecular weight is 392 g/mol. The van der Waals surface area contributed by atoms with E-state index in [9.17, 15) is 4.79 Å². The van der Waals surface area contributed by atoms with Gasteiger partial charge < -0.3 is 0 Å². The zero-order chi connectivity index (χ0) is 19.8. The summed E-state index contributed by atoms with van der Waals surface area (Å²) in [5.74, 6) is -0.157. The average Bonchev–Trinajstić information content (AvgIpc) is 3.22. The molecule has 0 aliphatic rings. The maximum absolute atomic E-state index is 13.4. The van der Waals surface area contributed by atoms with Crippen LogP contribution in [0.3, 0.4) is 0 Å². The Morgan fingerprint density at radius 2 is 2.04 bits per heavy atom. The van der Waals surface area contributed by atoms with Gasteiger partial charge in [-0.1, -0.05) is 23.5 Å². The van der Waals surface area contributed by atoms with Crippen molar-refractivity contribution in [1.29, 1.82) is 0 Å². The van der Waals surface area contributed by atoms with Crippen LogP contribution in [0.4, 0.5) is 5.13 Å². The molecule has 0 aliphatic heterocycles. The number of aromatic nitrogens is 4. The Kier molecular flexibility index (Phi) is 4.68. The number of rotatable bonds is 4. The van der Waals surface area contributed by atoms with Crippen molar-refractivity contribution in [1.82, 2.24) is 19.7 Å². The fraction of sp³-hybridized carbons (Fsp3) is 0.238. The van der Waals surface area contributed by atoms with Gasteiger partial charge in [0, 0.05) is 31.2 Å². The molecule has 6 nitrogen and oxygen atoms in total. The molecule has 0 aliphatic carbocycles. The van der Waals surface area contributed by atoms with Crippen LogP contribution in [0.15, 0.2) is 42.9 Å². The minimum Gasteiger partial charge on any atom is -0.278 e. The number of aryl methyl sites for hydroxylation is 4. The summed E-state index contributed by atoms with van der Waals surface area (Å²) in [5, 5.41) is 5.04. The lowest BCUT2D eigenvalue weighted by atomic mass is 10.1. The molecule has 0 fully saturated rings. The zero-order valence-corrected chi connectivity index (χ0v) is 17.1. The van der Waals surface area contributed by atoms with Gasteiger partial charge in [0.1, 0.15) is 0 Å². The number of carbonyl (C=O) groups excluding carboxylic acids is 1. The molecular formula is C21H21N5OS. The number of nitrogens with zero attached hydrogens (tertiary/aromatic N) is 5. The first-order valence-electron chi connectivity index (χ1n) is 9.01. The van der Waals surface area contributed by atoms with E-state index in [4.69, 9.17) is 4.98 Å². The van der Waals surface area contributed by atoms with E-state index in [1.54, 1.807) is 22.0 Å². The minimum absolute atomic E-state index is 0.157. The Balaban J connectivity index is 1.82. The molecule has 0 bridgehead atoms. The number of amides is 1. The molecule has 28 heavy (non-hydrogen) atoms. The third-order valence-corrected chi connectivity index (χ3v) is 5.79. The van der Waals surface area contributed by atoms with Crippen molar-refractivity contribution in [3.8, 4) is 0 Å². The monoisotopic (exact) mass is 391 g/mol. The van der Waals surface area contributed by atoms with Crippen LogP contribution >= 0.6 is 11.3 Å². The topological polar surface area (TPSA) is 63.9 Å². The van der Waals surface area contributed by atoms with Gasteiger partial charge in [0.15, 0.2) is 10.8 Å². The number of hydrogen-bond acceptors (Lipinski definition) is 5. The number of carbonyl (C=O) groups is 1. The van der Waals surface area contributed by atoms with Gasteiger partial charge in [-0.05, 0) is 49.6 Å². The maximum atomic E-state index is 13.4. The Morgan fingerprint density at radius 1 is 1.21 bits per heavy atom. The molecule has 3 aromatic heterocycles. The molecule has 0 unspecified atom stereocenters. The second-order valence-corrected chi connectivity index (χ2v) is 7.99. The summed E-state index contributed by atoms with van der Waals surface area (Å²) in [6, 6.07) is 8.03. The van der Waals surface area contributed by atoms with E-state index in [0.717, 1.165) is 26.9 Å². The third kappa shape index (κ3) is 3.41. The molecule has 0 spiro atoms. The smallest absolute Gasteiger partial charge is 0.278 e. The predicted molar refractivity (Wildman–Crippen MR) is 112 cm³/mol. The van der Waals surface area contributed by atoms with Crippen molar-refractivity contribution >= 4 is 32.6 Å². The number of thiazole rings is 1. The van der Waals surface area contributed by atoms with Gasteiger partial charge in [0.05, 0.1) is 16.8 Å². The molecule has 1 amide bonds. The molecule has 4 aromatic rings. The van der Waals surface area contributed by atoms with Gasteiger partial charge >= 0.3 is 0 Å². The fourth-order valence-electron chi connectivity index (χ4n) is 3.33. The molecule has 3 heterocycles. The van der Waals surface area contributed by atoms with Crippen LogP contribution in [0.1, 0.15) is 32.7 Å². The van der Waals surface area contributed by atoms with Crippen molar-refractivity contribution in [2.24, 2.45) is 7.05 Å². The highest BCUT2D eigenvalue weighted by Gasteiger charge is 2.25. The number of hydrogen-bond donors (Lipinski definition) is 0. The summed E-state index contributed by atoms with van der Waals surface area (Å²) in [4.78, 5) is 24.1. The Bertz CT molecular complexity index is 1160. The SMILES string of the molecule is Cc1cc(C)c2sc(N(Cc3cccnc3)C(=O)c3nn(C)cc3C)nc2c1. The van der Waals surface area contributed by atoms with Crippen LogP contribution in [0.5, 0.6) is 0 Å². The van der Waals surface area contributed by atoms with Gasteiger partial charge in [-0.25, -0.2) is 4.98 Å². The Labute approximate surface area is 167 Å². The second-order valence-electron chi connectivity index (χ2n) is 7.01. The van der Waals surface area contributed by atoms with Crippen LogP contribution in [0.25, 0.3) is 10.2 Å². The number of benzene rings is 1. The molecule has 0 radical (unpaired) electrons. The molecule has 4 rings (SSSR count). The fourth-order valence-corrected chi connectivity index (χ4v) is 4.34. The van der Waals surface area contributed by atoms with Gasteiger partial charge in [-0.2, -0.15) is 5.10 Å². The first-order valence-corrected chi connectivity index (χ1v) is 9.83. The molecule has 0 atom stereocenters. The van der Waals surface area contributed by atoms with Crippen molar-refractivity contribution < 1.29 is 4.79 Å². The third-order valence-electron chi connectivity index (χ3n) is 4.56. The quantitative estimate of drug-likeness (QED) is 0.523. The van der Waals surface area contributed by atoms with Crippen molar-refractivity contribution in [3.63, 3.8) is 0 Å². The lowest BCUT2D eigenvalue weighted by Gasteiger charge is -2.19. The molecule has 0 N–H and O–H groups in total. The highest BCUT2D eigenvalue weighted by molar-refractivity contribution is 7.22. The van der Waals surface area contributed by atoms with Crippen molar-refractivity contribution in [2.45, 2.75) is 27.3 Å². The minimum atomic E-state index is -0.157. The molecule has 1 aromatic carbocycles. The summed E-state index contributed by atoms with van der Waals surface area (Å²) in [7, 11) is 1.82. The van der Waals surface area contributed by atoms with E-state index >= 15 is 0 Å². The second kappa shape index (κ2) is 7.16. The van der Waals surface area contributed by atoms with Crippen LogP contribution in [-0.2, 0) is 13.6 Å². The summed E-state index contributed by atoms with van der Waals surface area (Å²) in [5.41, 5.74) is 5.47. The number of pyridine rings is 1. The highest BCUT2D eigenvalue weighted by Crippen LogP contribution is 2.33. The summed E-state index contributed by atoms with van der Waals surface area (Å²) in [6.45, 7) is 6.42. The lowest BCUT2D eigenvalue weighted by molar-refractivity contribution is 0.0979. The van der Waals surface area contributed by atoms with Crippen molar-refractivity contribution in [3.05, 3.63) is 70.8 Å². The van der Waals surface area contributed by atoms with E-state index in [2.05, 4.69) is 36.1 Å². The number of anilines is 1. The molecule has 0 saturated carbocycles. The molecule has 7 heteroatoms. The van der Waals surface area contributed by atoms with Crippen LogP contribution in [0.2, 0.25) is 0 Å². The highest BCUT2D eigenvalue weighted by atomic mass is 32.1. The normalized spacial score (nSPS) is 11.1. The molecule has 142 valence electrons. The van der Waals surface area contributed by atoms with Crippen LogP contribution in [0, 0.1) is 20.8 Å². The maximum Gasteiger partial charge on any atom is 0.281 e. The van der Waals surface area contributed by atoms with Crippen molar-refractivity contribution in [2.75, 3.05) is 4.90 Å². The molecular weight excluding hydrogens is 370 g/mol. The zero-order valence-electron chi connectivity index (χ0n) is 16.3. The van der Waals surface area contributed by atoms with E-state index in [1.165, 1.54) is 16.9 Å². The molecule has 0 saturated heterocycles. The van der Waals surface area contributed by atoms with E-state index in [1.807, 2.05) is 32.3 Å².